The Morgan fingerprint density at radius 2 is 1.96 bits per heavy atom. The number of hydrogen-bond donors (Lipinski definition) is 2. The molecule has 8 heteroatoms. The maximum atomic E-state index is 12.7. The lowest BCUT2D eigenvalue weighted by Gasteiger charge is -2.32. The smallest absolute Gasteiger partial charge is 0.253 e. The lowest BCUT2D eigenvalue weighted by molar-refractivity contribution is -0.126. The Morgan fingerprint density at radius 3 is 2.62 bits per heavy atom. The van der Waals surface area contributed by atoms with Crippen molar-refractivity contribution in [3.05, 3.63) is 33.8 Å². The molecule has 2 amide bonds. The molecule has 2 atom stereocenters. The van der Waals surface area contributed by atoms with Crippen LogP contribution in [-0.2, 0) is 4.79 Å². The molecule has 0 radical (unpaired) electrons. The van der Waals surface area contributed by atoms with E-state index in [1.165, 1.54) is 0 Å². The van der Waals surface area contributed by atoms with Gasteiger partial charge in [0.15, 0.2) is 0 Å². The molecule has 3 N–H and O–H groups in total. The van der Waals surface area contributed by atoms with Crippen molar-refractivity contribution in [3.63, 3.8) is 0 Å². The van der Waals surface area contributed by atoms with Gasteiger partial charge in [-0.2, -0.15) is 0 Å². The third-order valence-corrected chi connectivity index (χ3v) is 5.72. The van der Waals surface area contributed by atoms with Crippen molar-refractivity contribution in [3.8, 4) is 0 Å². The summed E-state index contributed by atoms with van der Waals surface area (Å²) < 4.78 is 0. The molecule has 1 saturated heterocycles. The van der Waals surface area contributed by atoms with Gasteiger partial charge in [0.2, 0.25) is 5.91 Å². The standard InChI is InChI=1S/C18H23Cl2N3O2.ClH/c19-14-6-5-12(8-15(14)20)18(25)23-7-1-2-13(10-23)17(24)22-9-16(21)11-3-4-11;/h5-6,8,11,13,16H,1-4,7,9-10,21H2,(H,22,24);1H. The van der Waals surface area contributed by atoms with Crippen LogP contribution in [0.15, 0.2) is 18.2 Å². The SMILES string of the molecule is Cl.NC(CNC(=O)C1CCCN(C(=O)c2ccc(Cl)c(Cl)c2)C1)C1CC1. The molecule has 1 aliphatic carbocycles. The molecule has 1 aromatic carbocycles. The fraction of sp³-hybridized carbons (Fsp3) is 0.556. The van der Waals surface area contributed by atoms with Crippen molar-refractivity contribution in [2.75, 3.05) is 19.6 Å². The quantitative estimate of drug-likeness (QED) is 0.768. The van der Waals surface area contributed by atoms with Crippen LogP contribution in [0.2, 0.25) is 10.0 Å². The second-order valence-corrected chi connectivity index (χ2v) is 7.78. The van der Waals surface area contributed by atoms with Crippen molar-refractivity contribution in [1.82, 2.24) is 10.2 Å². The summed E-state index contributed by atoms with van der Waals surface area (Å²) in [5.41, 5.74) is 6.52. The zero-order chi connectivity index (χ0) is 18.0. The third-order valence-electron chi connectivity index (χ3n) is 4.99. The molecule has 3 rings (SSSR count). The Hall–Kier alpha value is -1.01. The van der Waals surface area contributed by atoms with Crippen LogP contribution >= 0.6 is 35.6 Å². The summed E-state index contributed by atoms with van der Waals surface area (Å²) in [7, 11) is 0. The first-order chi connectivity index (χ1) is 12.0. The number of amides is 2. The van der Waals surface area contributed by atoms with Gasteiger partial charge in [0.25, 0.3) is 5.91 Å². The fourth-order valence-electron chi connectivity index (χ4n) is 3.24. The van der Waals surface area contributed by atoms with Crippen LogP contribution in [0.1, 0.15) is 36.0 Å². The molecule has 2 aliphatic rings. The third kappa shape index (κ3) is 5.26. The fourth-order valence-corrected chi connectivity index (χ4v) is 3.54. The zero-order valence-electron chi connectivity index (χ0n) is 14.4. The van der Waals surface area contributed by atoms with Crippen molar-refractivity contribution >= 4 is 47.4 Å². The largest absolute Gasteiger partial charge is 0.354 e. The second kappa shape index (κ2) is 9.27. The van der Waals surface area contributed by atoms with E-state index in [1.54, 1.807) is 23.1 Å². The molecule has 5 nitrogen and oxygen atoms in total. The van der Waals surface area contributed by atoms with Gasteiger partial charge >= 0.3 is 0 Å². The van der Waals surface area contributed by atoms with Crippen molar-refractivity contribution in [2.24, 2.45) is 17.6 Å². The molecular weight excluding hydrogens is 397 g/mol. The summed E-state index contributed by atoms with van der Waals surface area (Å²) in [4.78, 5) is 26.8. The van der Waals surface area contributed by atoms with Gasteiger partial charge in [-0.1, -0.05) is 23.2 Å². The van der Waals surface area contributed by atoms with Gasteiger partial charge in [0.1, 0.15) is 0 Å². The minimum absolute atomic E-state index is 0. The Kier molecular flexibility index (Phi) is 7.59. The van der Waals surface area contributed by atoms with Crippen molar-refractivity contribution < 1.29 is 9.59 Å². The predicted octanol–water partition coefficient (Wildman–Crippen LogP) is 3.12. The molecule has 0 bridgehead atoms. The molecule has 0 aromatic heterocycles. The van der Waals surface area contributed by atoms with Crippen LogP contribution in [0.5, 0.6) is 0 Å². The maximum absolute atomic E-state index is 12.7. The second-order valence-electron chi connectivity index (χ2n) is 6.97. The number of rotatable bonds is 5. The van der Waals surface area contributed by atoms with Crippen molar-refractivity contribution in [2.45, 2.75) is 31.7 Å². The van der Waals surface area contributed by atoms with Gasteiger partial charge in [0, 0.05) is 31.2 Å². The molecule has 26 heavy (non-hydrogen) atoms. The predicted molar refractivity (Wildman–Crippen MR) is 106 cm³/mol. The van der Waals surface area contributed by atoms with E-state index in [-0.39, 0.29) is 36.2 Å². The maximum Gasteiger partial charge on any atom is 0.253 e. The van der Waals surface area contributed by atoms with E-state index in [0.717, 1.165) is 25.7 Å². The van der Waals surface area contributed by atoms with E-state index in [1.807, 2.05) is 0 Å². The average molecular weight is 421 g/mol. The summed E-state index contributed by atoms with van der Waals surface area (Å²) in [6, 6.07) is 4.89. The average Bonchev–Trinajstić information content (AvgIpc) is 3.46. The summed E-state index contributed by atoms with van der Waals surface area (Å²) in [6.45, 7) is 1.58. The number of nitrogens with one attached hydrogen (secondary N) is 1. The van der Waals surface area contributed by atoms with E-state index in [2.05, 4.69) is 5.32 Å². The minimum atomic E-state index is -0.188. The minimum Gasteiger partial charge on any atom is -0.354 e. The molecule has 2 fully saturated rings. The first kappa shape index (κ1) is 21.3. The highest BCUT2D eigenvalue weighted by Crippen LogP contribution is 2.31. The summed E-state index contributed by atoms with van der Waals surface area (Å²) in [6.07, 6.45) is 3.91. The lowest BCUT2D eigenvalue weighted by Crippen LogP contribution is -2.47. The molecule has 1 heterocycles. The Balaban J connectivity index is 0.00000243. The highest BCUT2D eigenvalue weighted by Gasteiger charge is 2.31. The number of nitrogens with two attached hydrogens (primary N) is 1. The molecule has 2 unspecified atom stereocenters. The summed E-state index contributed by atoms with van der Waals surface area (Å²) in [5.74, 6) is 0.236. The van der Waals surface area contributed by atoms with Crippen LogP contribution in [-0.4, -0.2) is 42.4 Å². The van der Waals surface area contributed by atoms with Crippen LogP contribution in [0.3, 0.4) is 0 Å². The molecule has 144 valence electrons. The van der Waals surface area contributed by atoms with Crippen molar-refractivity contribution in [1.29, 1.82) is 0 Å². The number of hydrogen-bond acceptors (Lipinski definition) is 3. The molecule has 0 spiro atoms. The molecule has 1 aromatic rings. The number of carbonyl (C=O) groups excluding carboxylic acids is 2. The van der Waals surface area contributed by atoms with E-state index in [0.29, 0.717) is 41.2 Å². The molecule has 1 aliphatic heterocycles. The van der Waals surface area contributed by atoms with Crippen LogP contribution in [0.25, 0.3) is 0 Å². The summed E-state index contributed by atoms with van der Waals surface area (Å²) in [5, 5.41) is 3.72. The van der Waals surface area contributed by atoms with Gasteiger partial charge in [-0.3, -0.25) is 9.59 Å². The summed E-state index contributed by atoms with van der Waals surface area (Å²) >= 11 is 11.9. The van der Waals surface area contributed by atoms with E-state index in [9.17, 15) is 9.59 Å². The monoisotopic (exact) mass is 419 g/mol. The first-order valence-electron chi connectivity index (χ1n) is 8.73. The Bertz CT molecular complexity index is 667. The first-order valence-corrected chi connectivity index (χ1v) is 9.49. The number of piperidine rings is 1. The lowest BCUT2D eigenvalue weighted by atomic mass is 9.96. The van der Waals surface area contributed by atoms with Crippen LogP contribution < -0.4 is 11.1 Å². The number of halogens is 3. The topological polar surface area (TPSA) is 75.4 Å². The van der Waals surface area contributed by atoms with Gasteiger partial charge in [-0.25, -0.2) is 0 Å². The number of likely N-dealkylation sites (tertiary alicyclic amines) is 1. The van der Waals surface area contributed by atoms with Crippen LogP contribution in [0, 0.1) is 11.8 Å². The van der Waals surface area contributed by atoms with Crippen LogP contribution in [0.4, 0.5) is 0 Å². The number of carbonyl (C=O) groups is 2. The highest BCUT2D eigenvalue weighted by atomic mass is 35.5. The molecule has 1 saturated carbocycles. The van der Waals surface area contributed by atoms with E-state index in [4.69, 9.17) is 28.9 Å². The normalized spacial score (nSPS) is 20.9. The highest BCUT2D eigenvalue weighted by molar-refractivity contribution is 6.42. The Morgan fingerprint density at radius 1 is 1.23 bits per heavy atom. The van der Waals surface area contributed by atoms with Gasteiger partial charge < -0.3 is 16.0 Å². The Labute approximate surface area is 170 Å². The van der Waals surface area contributed by atoms with E-state index < -0.39 is 0 Å². The van der Waals surface area contributed by atoms with E-state index >= 15 is 0 Å². The number of benzene rings is 1. The molecular formula is C18H24Cl3N3O2. The zero-order valence-corrected chi connectivity index (χ0v) is 16.7. The van der Waals surface area contributed by atoms with Gasteiger partial charge in [-0.15, -0.1) is 12.4 Å². The number of nitrogens with zero attached hydrogens (tertiary/aromatic N) is 1. The van der Waals surface area contributed by atoms with Gasteiger partial charge in [-0.05, 0) is 49.8 Å². The van der Waals surface area contributed by atoms with Gasteiger partial charge in [0.05, 0.1) is 16.0 Å².